The number of benzene rings is 2. The van der Waals surface area contributed by atoms with Crippen molar-refractivity contribution in [3.05, 3.63) is 75.9 Å². The average molecular weight is 397 g/mol. The molecule has 1 heterocycles. The summed E-state index contributed by atoms with van der Waals surface area (Å²) >= 11 is 3.40. The van der Waals surface area contributed by atoms with Crippen LogP contribution in [0.2, 0.25) is 0 Å². The zero-order valence-electron chi connectivity index (χ0n) is 13.9. The lowest BCUT2D eigenvalue weighted by atomic mass is 10.1. The van der Waals surface area contributed by atoms with Gasteiger partial charge in [-0.2, -0.15) is 10.2 Å². The molecule has 0 aliphatic heterocycles. The number of aromatic nitrogens is 2. The zero-order chi connectivity index (χ0) is 17.8. The molecule has 0 aliphatic rings. The van der Waals surface area contributed by atoms with Crippen LogP contribution in [0.4, 0.5) is 0 Å². The molecule has 0 spiro atoms. The number of amides is 1. The van der Waals surface area contributed by atoms with Crippen LogP contribution < -0.4 is 5.43 Å². The van der Waals surface area contributed by atoms with E-state index in [0.29, 0.717) is 5.69 Å². The predicted octanol–water partition coefficient (Wildman–Crippen LogP) is 4.30. The molecule has 25 heavy (non-hydrogen) atoms. The molecular weight excluding hydrogens is 380 g/mol. The van der Waals surface area contributed by atoms with Crippen molar-refractivity contribution >= 4 is 27.5 Å². The monoisotopic (exact) mass is 396 g/mol. The van der Waals surface area contributed by atoms with E-state index in [0.717, 1.165) is 32.6 Å². The molecule has 0 aliphatic carbocycles. The molecule has 3 rings (SSSR count). The van der Waals surface area contributed by atoms with E-state index in [-0.39, 0.29) is 5.91 Å². The lowest BCUT2D eigenvalue weighted by Crippen LogP contribution is -2.20. The molecule has 0 atom stereocenters. The number of halogens is 1. The second-order valence-corrected chi connectivity index (χ2v) is 6.50. The molecule has 2 aromatic carbocycles. The van der Waals surface area contributed by atoms with Crippen LogP contribution in [0, 0.1) is 6.92 Å². The molecule has 6 heteroatoms. The van der Waals surface area contributed by atoms with Gasteiger partial charge in [0.05, 0.1) is 11.4 Å². The van der Waals surface area contributed by atoms with Crippen molar-refractivity contribution in [1.29, 1.82) is 0 Å². The number of aromatic amines is 1. The van der Waals surface area contributed by atoms with E-state index in [1.165, 1.54) is 0 Å². The minimum Gasteiger partial charge on any atom is -0.272 e. The maximum Gasteiger partial charge on any atom is 0.289 e. The Balaban J connectivity index is 1.77. The first-order valence-corrected chi connectivity index (χ1v) is 8.56. The van der Waals surface area contributed by atoms with Crippen LogP contribution in [-0.4, -0.2) is 21.8 Å². The van der Waals surface area contributed by atoms with Crippen molar-refractivity contribution in [2.75, 3.05) is 0 Å². The Morgan fingerprint density at radius 2 is 1.80 bits per heavy atom. The third-order valence-corrected chi connectivity index (χ3v) is 4.40. The van der Waals surface area contributed by atoms with Gasteiger partial charge in [-0.25, -0.2) is 5.43 Å². The second-order valence-electron chi connectivity index (χ2n) is 5.58. The maximum atomic E-state index is 12.4. The molecule has 5 nitrogen and oxygen atoms in total. The van der Waals surface area contributed by atoms with Crippen molar-refractivity contribution in [3.63, 3.8) is 0 Å². The number of carbonyl (C=O) groups excluding carboxylic acids is 1. The van der Waals surface area contributed by atoms with Crippen LogP contribution in [0.15, 0.2) is 64.2 Å². The number of H-pyrrole nitrogens is 1. The van der Waals surface area contributed by atoms with Crippen LogP contribution in [0.5, 0.6) is 0 Å². The van der Waals surface area contributed by atoms with Gasteiger partial charge in [-0.3, -0.25) is 9.89 Å². The highest BCUT2D eigenvalue weighted by Gasteiger charge is 2.16. The maximum absolute atomic E-state index is 12.4. The number of hydrazone groups is 1. The van der Waals surface area contributed by atoms with Crippen molar-refractivity contribution < 1.29 is 4.79 Å². The summed E-state index contributed by atoms with van der Waals surface area (Å²) in [6, 6.07) is 17.5. The first kappa shape index (κ1) is 17.1. The van der Waals surface area contributed by atoms with E-state index >= 15 is 0 Å². The molecule has 0 saturated heterocycles. The number of hydrogen-bond acceptors (Lipinski definition) is 3. The van der Waals surface area contributed by atoms with Gasteiger partial charge < -0.3 is 0 Å². The van der Waals surface area contributed by atoms with Gasteiger partial charge in [-0.05, 0) is 31.5 Å². The summed E-state index contributed by atoms with van der Waals surface area (Å²) < 4.78 is 0.995. The van der Waals surface area contributed by atoms with E-state index in [1.54, 1.807) is 0 Å². The van der Waals surface area contributed by atoms with Crippen LogP contribution >= 0.6 is 15.9 Å². The molecular formula is C19H17BrN4O. The molecule has 0 unspecified atom stereocenters. The zero-order valence-corrected chi connectivity index (χ0v) is 15.5. The van der Waals surface area contributed by atoms with E-state index in [9.17, 15) is 4.79 Å². The first-order chi connectivity index (χ1) is 12.1. The van der Waals surface area contributed by atoms with Crippen molar-refractivity contribution in [2.45, 2.75) is 13.8 Å². The first-order valence-electron chi connectivity index (χ1n) is 7.77. The van der Waals surface area contributed by atoms with Crippen molar-refractivity contribution in [2.24, 2.45) is 5.10 Å². The van der Waals surface area contributed by atoms with Gasteiger partial charge >= 0.3 is 0 Å². The molecule has 1 aromatic heterocycles. The lowest BCUT2D eigenvalue weighted by Gasteiger charge is -2.03. The van der Waals surface area contributed by atoms with Gasteiger partial charge in [0.15, 0.2) is 0 Å². The quantitative estimate of drug-likeness (QED) is 0.509. The van der Waals surface area contributed by atoms with Gasteiger partial charge in [-0.1, -0.05) is 58.4 Å². The number of carbonyl (C=O) groups is 1. The van der Waals surface area contributed by atoms with Crippen LogP contribution in [0.3, 0.4) is 0 Å². The van der Waals surface area contributed by atoms with E-state index < -0.39 is 0 Å². The van der Waals surface area contributed by atoms with Crippen molar-refractivity contribution in [1.82, 2.24) is 15.6 Å². The summed E-state index contributed by atoms with van der Waals surface area (Å²) in [5.41, 5.74) is 7.17. The minimum atomic E-state index is -0.316. The second kappa shape index (κ2) is 7.44. The molecule has 0 radical (unpaired) electrons. The van der Waals surface area contributed by atoms with Gasteiger partial charge in [0.1, 0.15) is 5.69 Å². The number of rotatable bonds is 4. The highest BCUT2D eigenvalue weighted by molar-refractivity contribution is 9.10. The third kappa shape index (κ3) is 3.85. The standard InChI is InChI=1S/C19H17BrN4O/c1-12-17(15-6-4-3-5-7-15)22-23-18(12)19(25)24-21-13(2)14-8-10-16(20)11-9-14/h3-11H,1-2H3,(H,22,23)(H,24,25)/b21-13-. The smallest absolute Gasteiger partial charge is 0.272 e. The normalized spacial score (nSPS) is 11.4. The summed E-state index contributed by atoms with van der Waals surface area (Å²) in [5.74, 6) is -0.316. The Bertz CT molecular complexity index is 914. The summed E-state index contributed by atoms with van der Waals surface area (Å²) in [6.45, 7) is 3.71. The summed E-state index contributed by atoms with van der Waals surface area (Å²) in [4.78, 5) is 12.4. The predicted molar refractivity (Wildman–Crippen MR) is 103 cm³/mol. The van der Waals surface area contributed by atoms with Crippen LogP contribution in [-0.2, 0) is 0 Å². The Labute approximate surface area is 154 Å². The highest BCUT2D eigenvalue weighted by Crippen LogP contribution is 2.22. The lowest BCUT2D eigenvalue weighted by molar-refractivity contribution is 0.0949. The Morgan fingerprint density at radius 1 is 1.12 bits per heavy atom. The van der Waals surface area contributed by atoms with Crippen molar-refractivity contribution in [3.8, 4) is 11.3 Å². The Kier molecular flexibility index (Phi) is 5.09. The number of hydrogen-bond donors (Lipinski definition) is 2. The van der Waals surface area contributed by atoms with Gasteiger partial charge in [0.2, 0.25) is 0 Å². The molecule has 3 aromatic rings. The van der Waals surface area contributed by atoms with Crippen LogP contribution in [0.25, 0.3) is 11.3 Å². The number of nitrogens with zero attached hydrogens (tertiary/aromatic N) is 2. The van der Waals surface area contributed by atoms with E-state index in [4.69, 9.17) is 0 Å². The van der Waals surface area contributed by atoms with Crippen LogP contribution in [0.1, 0.15) is 28.5 Å². The number of nitrogens with one attached hydrogen (secondary N) is 2. The molecule has 0 fully saturated rings. The highest BCUT2D eigenvalue weighted by atomic mass is 79.9. The fourth-order valence-corrected chi connectivity index (χ4v) is 2.71. The Morgan fingerprint density at radius 3 is 2.48 bits per heavy atom. The summed E-state index contributed by atoms with van der Waals surface area (Å²) in [6.07, 6.45) is 0. The third-order valence-electron chi connectivity index (χ3n) is 3.87. The Hall–Kier alpha value is -2.73. The van der Waals surface area contributed by atoms with Gasteiger partial charge in [0.25, 0.3) is 5.91 Å². The summed E-state index contributed by atoms with van der Waals surface area (Å²) in [5, 5.41) is 11.2. The van der Waals surface area contributed by atoms with E-state index in [1.807, 2.05) is 68.4 Å². The summed E-state index contributed by atoms with van der Waals surface area (Å²) in [7, 11) is 0. The molecule has 0 bridgehead atoms. The van der Waals surface area contributed by atoms with E-state index in [2.05, 4.69) is 36.7 Å². The van der Waals surface area contributed by atoms with Gasteiger partial charge in [0, 0.05) is 15.6 Å². The largest absolute Gasteiger partial charge is 0.289 e. The molecule has 126 valence electrons. The fourth-order valence-electron chi connectivity index (χ4n) is 2.44. The fraction of sp³-hybridized carbons (Fsp3) is 0.105. The average Bonchev–Trinajstić information content (AvgIpc) is 3.02. The molecule has 2 N–H and O–H groups in total. The minimum absolute atomic E-state index is 0.316. The molecule has 0 saturated carbocycles. The topological polar surface area (TPSA) is 70.1 Å². The molecule has 1 amide bonds. The SMILES string of the molecule is C/C(=N/NC(=O)c1[nH]nc(-c2ccccc2)c1C)c1ccc(Br)cc1. The van der Waals surface area contributed by atoms with Gasteiger partial charge in [-0.15, -0.1) is 0 Å².